The van der Waals surface area contributed by atoms with Crippen molar-refractivity contribution in [2.45, 2.75) is 12.8 Å². The molecule has 1 aromatic rings. The lowest BCUT2D eigenvalue weighted by Crippen LogP contribution is -2.39. The molecule has 1 aromatic carbocycles. The second kappa shape index (κ2) is 6.50. The summed E-state index contributed by atoms with van der Waals surface area (Å²) in [7, 11) is 0. The number of halogens is 1. The van der Waals surface area contributed by atoms with Crippen LogP contribution in [0.3, 0.4) is 0 Å². The van der Waals surface area contributed by atoms with Gasteiger partial charge < -0.3 is 15.0 Å². The zero-order valence-electron chi connectivity index (χ0n) is 10.2. The Morgan fingerprint density at radius 2 is 2.17 bits per heavy atom. The van der Waals surface area contributed by atoms with E-state index in [1.165, 1.54) is 0 Å². The number of nitrogens with one attached hydrogen (secondary N) is 1. The van der Waals surface area contributed by atoms with E-state index in [4.69, 9.17) is 16.3 Å². The topological polar surface area (TPSA) is 41.6 Å². The van der Waals surface area contributed by atoms with Gasteiger partial charge in [-0.05, 0) is 31.0 Å². The average molecular weight is 269 g/mol. The van der Waals surface area contributed by atoms with Gasteiger partial charge in [-0.25, -0.2) is 4.79 Å². The van der Waals surface area contributed by atoms with Gasteiger partial charge in [-0.2, -0.15) is 0 Å². The molecule has 1 heterocycles. The van der Waals surface area contributed by atoms with Gasteiger partial charge in [-0.15, -0.1) is 0 Å². The maximum absolute atomic E-state index is 11.6. The summed E-state index contributed by atoms with van der Waals surface area (Å²) in [5, 5.41) is 3.49. The fourth-order valence-electron chi connectivity index (χ4n) is 1.92. The fraction of sp³-hybridized carbons (Fsp3) is 0.462. The van der Waals surface area contributed by atoms with Crippen LogP contribution in [0.25, 0.3) is 0 Å². The van der Waals surface area contributed by atoms with E-state index in [0.29, 0.717) is 18.2 Å². The Morgan fingerprint density at radius 1 is 1.39 bits per heavy atom. The monoisotopic (exact) mass is 268 g/mol. The molecule has 1 saturated heterocycles. The second-order valence-electron chi connectivity index (χ2n) is 4.23. The normalized spacial score (nSPS) is 14.6. The number of nitrogens with zero attached hydrogens (tertiary/aromatic N) is 1. The minimum absolute atomic E-state index is 0.00203. The van der Waals surface area contributed by atoms with Gasteiger partial charge in [0.1, 0.15) is 12.4 Å². The molecule has 5 heteroatoms. The van der Waals surface area contributed by atoms with Crippen LogP contribution in [0.15, 0.2) is 24.3 Å². The van der Waals surface area contributed by atoms with Crippen molar-refractivity contribution in [3.05, 3.63) is 29.3 Å². The Balaban J connectivity index is 1.65. The molecule has 0 spiro atoms. The highest BCUT2D eigenvalue weighted by molar-refractivity contribution is 6.30. The number of ether oxygens (including phenoxy) is 1. The van der Waals surface area contributed by atoms with E-state index in [9.17, 15) is 4.79 Å². The van der Waals surface area contributed by atoms with Crippen LogP contribution in [0.4, 0.5) is 4.79 Å². The van der Waals surface area contributed by atoms with Crippen molar-refractivity contribution in [2.24, 2.45) is 0 Å². The molecule has 0 radical (unpaired) electrons. The van der Waals surface area contributed by atoms with Crippen molar-refractivity contribution in [3.8, 4) is 5.75 Å². The largest absolute Gasteiger partial charge is 0.492 e. The average Bonchev–Trinajstić information content (AvgIpc) is 2.88. The smallest absolute Gasteiger partial charge is 0.317 e. The first-order valence-electron chi connectivity index (χ1n) is 6.17. The number of urea groups is 1. The number of hydrogen-bond donors (Lipinski definition) is 1. The summed E-state index contributed by atoms with van der Waals surface area (Å²) in [6.45, 7) is 2.67. The third kappa shape index (κ3) is 3.81. The Bertz CT molecular complexity index is 406. The molecule has 0 unspecified atom stereocenters. The maximum atomic E-state index is 11.6. The molecule has 0 bridgehead atoms. The molecule has 1 N–H and O–H groups in total. The molecular formula is C13H17ClN2O2. The number of benzene rings is 1. The third-order valence-corrected chi connectivity index (χ3v) is 3.07. The van der Waals surface area contributed by atoms with Crippen molar-refractivity contribution in [1.29, 1.82) is 0 Å². The van der Waals surface area contributed by atoms with E-state index < -0.39 is 0 Å². The number of hydrogen-bond acceptors (Lipinski definition) is 2. The molecule has 0 saturated carbocycles. The summed E-state index contributed by atoms with van der Waals surface area (Å²) in [5.41, 5.74) is 0. The van der Waals surface area contributed by atoms with E-state index in [1.54, 1.807) is 12.1 Å². The minimum atomic E-state index is 0.00203. The molecular weight excluding hydrogens is 252 g/mol. The third-order valence-electron chi connectivity index (χ3n) is 2.84. The summed E-state index contributed by atoms with van der Waals surface area (Å²) in [6.07, 6.45) is 2.21. The lowest BCUT2D eigenvalue weighted by molar-refractivity contribution is 0.205. The summed E-state index contributed by atoms with van der Waals surface area (Å²) in [5.74, 6) is 0.720. The molecule has 2 rings (SSSR count). The molecule has 98 valence electrons. The first-order valence-corrected chi connectivity index (χ1v) is 6.54. The van der Waals surface area contributed by atoms with Crippen LogP contribution in [0.2, 0.25) is 5.02 Å². The predicted molar refractivity (Wildman–Crippen MR) is 71.2 cm³/mol. The van der Waals surface area contributed by atoms with Gasteiger partial charge in [0.05, 0.1) is 6.54 Å². The van der Waals surface area contributed by atoms with Crippen molar-refractivity contribution < 1.29 is 9.53 Å². The van der Waals surface area contributed by atoms with Gasteiger partial charge in [-0.3, -0.25) is 0 Å². The highest BCUT2D eigenvalue weighted by Crippen LogP contribution is 2.16. The van der Waals surface area contributed by atoms with Crippen LogP contribution in [0.5, 0.6) is 5.75 Å². The Kier molecular flexibility index (Phi) is 4.70. The lowest BCUT2D eigenvalue weighted by Gasteiger charge is -2.16. The minimum Gasteiger partial charge on any atom is -0.492 e. The van der Waals surface area contributed by atoms with Gasteiger partial charge in [0.15, 0.2) is 0 Å². The van der Waals surface area contributed by atoms with Crippen molar-refractivity contribution >= 4 is 17.6 Å². The highest BCUT2D eigenvalue weighted by atomic mass is 35.5. The summed E-state index contributed by atoms with van der Waals surface area (Å²) < 4.78 is 5.48. The number of rotatable bonds is 4. The van der Waals surface area contributed by atoms with Crippen molar-refractivity contribution in [2.75, 3.05) is 26.2 Å². The van der Waals surface area contributed by atoms with Crippen LogP contribution >= 0.6 is 11.6 Å². The van der Waals surface area contributed by atoms with E-state index >= 15 is 0 Å². The van der Waals surface area contributed by atoms with Gasteiger partial charge in [-0.1, -0.05) is 17.7 Å². The van der Waals surface area contributed by atoms with Crippen LogP contribution in [-0.4, -0.2) is 37.2 Å². The van der Waals surface area contributed by atoms with Crippen LogP contribution in [-0.2, 0) is 0 Å². The molecule has 18 heavy (non-hydrogen) atoms. The van der Waals surface area contributed by atoms with Crippen LogP contribution in [0.1, 0.15) is 12.8 Å². The van der Waals surface area contributed by atoms with Crippen LogP contribution < -0.4 is 10.1 Å². The summed E-state index contributed by atoms with van der Waals surface area (Å²) >= 11 is 5.84. The van der Waals surface area contributed by atoms with Gasteiger partial charge in [0, 0.05) is 18.1 Å². The van der Waals surface area contributed by atoms with Crippen LogP contribution in [0, 0.1) is 0 Å². The quantitative estimate of drug-likeness (QED) is 0.853. The molecule has 0 atom stereocenters. The fourth-order valence-corrected chi connectivity index (χ4v) is 2.10. The molecule has 1 fully saturated rings. The second-order valence-corrected chi connectivity index (χ2v) is 4.67. The summed E-state index contributed by atoms with van der Waals surface area (Å²) in [4.78, 5) is 13.5. The molecule has 2 amide bonds. The Labute approximate surface area is 112 Å². The maximum Gasteiger partial charge on any atom is 0.317 e. The van der Waals surface area contributed by atoms with E-state index in [1.807, 2.05) is 17.0 Å². The number of amides is 2. The van der Waals surface area contributed by atoms with E-state index in [0.717, 1.165) is 31.7 Å². The predicted octanol–water partition coefficient (Wildman–Crippen LogP) is 2.52. The van der Waals surface area contributed by atoms with Gasteiger partial charge in [0.2, 0.25) is 0 Å². The standard InChI is InChI=1S/C13H17ClN2O2/c14-11-4-3-5-12(10-11)18-9-6-15-13(17)16-7-1-2-8-16/h3-5,10H,1-2,6-9H2,(H,15,17). The summed E-state index contributed by atoms with van der Waals surface area (Å²) in [6, 6.07) is 7.23. The SMILES string of the molecule is O=C(NCCOc1cccc(Cl)c1)N1CCCC1. The highest BCUT2D eigenvalue weighted by Gasteiger charge is 2.16. The molecule has 4 nitrogen and oxygen atoms in total. The first-order chi connectivity index (χ1) is 8.75. The molecule has 1 aliphatic rings. The first kappa shape index (κ1) is 13.0. The number of carbonyl (C=O) groups is 1. The molecule has 0 aliphatic carbocycles. The molecule has 0 aromatic heterocycles. The van der Waals surface area contributed by atoms with E-state index in [2.05, 4.69) is 5.32 Å². The number of likely N-dealkylation sites (tertiary alicyclic amines) is 1. The Morgan fingerprint density at radius 3 is 2.89 bits per heavy atom. The zero-order chi connectivity index (χ0) is 12.8. The lowest BCUT2D eigenvalue weighted by atomic mass is 10.3. The molecule has 1 aliphatic heterocycles. The van der Waals surface area contributed by atoms with Gasteiger partial charge >= 0.3 is 6.03 Å². The Hall–Kier alpha value is -1.42. The van der Waals surface area contributed by atoms with Crippen molar-refractivity contribution in [1.82, 2.24) is 10.2 Å². The van der Waals surface area contributed by atoms with Gasteiger partial charge in [0.25, 0.3) is 0 Å². The van der Waals surface area contributed by atoms with Crippen molar-refractivity contribution in [3.63, 3.8) is 0 Å². The zero-order valence-corrected chi connectivity index (χ0v) is 10.9. The van der Waals surface area contributed by atoms with E-state index in [-0.39, 0.29) is 6.03 Å². The number of carbonyl (C=O) groups excluding carboxylic acids is 1.